The van der Waals surface area contributed by atoms with Gasteiger partial charge in [-0.05, 0) is 57.2 Å². The number of benzene rings is 1. The summed E-state index contributed by atoms with van der Waals surface area (Å²) in [5.41, 5.74) is 0.312. The third-order valence-corrected chi connectivity index (χ3v) is 5.92. The van der Waals surface area contributed by atoms with Gasteiger partial charge in [-0.25, -0.2) is 0 Å². The SMILES string of the molecule is CCCCCCCCC(CCCCCc1ccc(C(F)(F)F)cc1)C(O)(OCC)OCC. The zero-order chi connectivity index (χ0) is 23.9. The Bertz CT molecular complexity index is 581. The lowest BCUT2D eigenvalue weighted by Gasteiger charge is -2.35. The van der Waals surface area contributed by atoms with Gasteiger partial charge in [-0.15, -0.1) is 0 Å². The van der Waals surface area contributed by atoms with Crippen LogP contribution in [0.25, 0.3) is 0 Å². The van der Waals surface area contributed by atoms with E-state index in [1.165, 1.54) is 25.7 Å². The van der Waals surface area contributed by atoms with Crippen LogP contribution in [-0.2, 0) is 22.1 Å². The molecule has 0 radical (unpaired) electrons. The number of aliphatic hydroxyl groups is 1. The molecule has 32 heavy (non-hydrogen) atoms. The maximum atomic E-state index is 12.7. The maximum Gasteiger partial charge on any atom is 0.416 e. The van der Waals surface area contributed by atoms with Crippen LogP contribution >= 0.6 is 0 Å². The zero-order valence-electron chi connectivity index (χ0n) is 20.2. The number of alkyl halides is 3. The van der Waals surface area contributed by atoms with E-state index >= 15 is 0 Å². The molecule has 3 nitrogen and oxygen atoms in total. The van der Waals surface area contributed by atoms with Crippen molar-refractivity contribution in [3.8, 4) is 0 Å². The monoisotopic (exact) mass is 460 g/mol. The third-order valence-electron chi connectivity index (χ3n) is 5.92. The number of unbranched alkanes of at least 4 members (excludes halogenated alkanes) is 7. The van der Waals surface area contributed by atoms with Crippen LogP contribution in [0, 0.1) is 5.92 Å². The van der Waals surface area contributed by atoms with Gasteiger partial charge < -0.3 is 14.6 Å². The van der Waals surface area contributed by atoms with Crippen molar-refractivity contribution in [3.05, 3.63) is 35.4 Å². The highest BCUT2D eigenvalue weighted by Gasteiger charge is 2.38. The van der Waals surface area contributed by atoms with Gasteiger partial charge in [0, 0.05) is 19.1 Å². The molecule has 0 saturated heterocycles. The molecule has 0 aliphatic carbocycles. The van der Waals surface area contributed by atoms with Crippen LogP contribution in [0.15, 0.2) is 24.3 Å². The number of halogens is 3. The minimum Gasteiger partial charge on any atom is -0.343 e. The molecule has 186 valence electrons. The Morgan fingerprint density at radius 1 is 0.750 bits per heavy atom. The lowest BCUT2D eigenvalue weighted by atomic mass is 9.91. The fourth-order valence-corrected chi connectivity index (χ4v) is 4.13. The first kappa shape index (κ1) is 28.9. The second-order valence-corrected chi connectivity index (χ2v) is 8.54. The molecule has 0 aromatic heterocycles. The Morgan fingerprint density at radius 3 is 1.75 bits per heavy atom. The number of aryl methyl sites for hydroxylation is 1. The highest BCUT2D eigenvalue weighted by Crippen LogP contribution is 2.32. The normalized spacial score (nSPS) is 13.5. The van der Waals surface area contributed by atoms with E-state index in [4.69, 9.17) is 9.47 Å². The Balaban J connectivity index is 2.50. The standard InChI is InChI=1S/C26H43F3O3/c1-4-7-8-9-10-13-16-24(26(30,31-5-2)32-6-3)17-14-11-12-15-22-18-20-23(21-19-22)25(27,28)29/h18-21,24,30H,4-17H2,1-3H3. The Morgan fingerprint density at radius 2 is 1.25 bits per heavy atom. The maximum absolute atomic E-state index is 12.7. The predicted octanol–water partition coefficient (Wildman–Crippen LogP) is 7.89. The van der Waals surface area contributed by atoms with Crippen molar-refractivity contribution in [1.82, 2.24) is 0 Å². The van der Waals surface area contributed by atoms with Crippen molar-refractivity contribution in [3.63, 3.8) is 0 Å². The summed E-state index contributed by atoms with van der Waals surface area (Å²) in [4.78, 5) is 0. The number of rotatable bonds is 18. The summed E-state index contributed by atoms with van der Waals surface area (Å²) >= 11 is 0. The zero-order valence-corrected chi connectivity index (χ0v) is 20.2. The van der Waals surface area contributed by atoms with Crippen LogP contribution in [0.3, 0.4) is 0 Å². The second kappa shape index (κ2) is 15.7. The minimum absolute atomic E-state index is 0.0837. The van der Waals surface area contributed by atoms with Gasteiger partial charge in [-0.2, -0.15) is 13.2 Å². The van der Waals surface area contributed by atoms with Gasteiger partial charge >= 0.3 is 6.18 Å². The van der Waals surface area contributed by atoms with Crippen molar-refractivity contribution in [1.29, 1.82) is 0 Å². The molecule has 0 amide bonds. The van der Waals surface area contributed by atoms with Crippen molar-refractivity contribution < 1.29 is 27.8 Å². The molecule has 0 saturated carbocycles. The molecule has 1 aromatic rings. The Hall–Kier alpha value is -1.11. The van der Waals surface area contributed by atoms with E-state index in [9.17, 15) is 18.3 Å². The average molecular weight is 461 g/mol. The van der Waals surface area contributed by atoms with Crippen LogP contribution in [0.2, 0.25) is 0 Å². The summed E-state index contributed by atoms with van der Waals surface area (Å²) in [6, 6.07) is 5.42. The molecular weight excluding hydrogens is 417 g/mol. The van der Waals surface area contributed by atoms with Crippen LogP contribution in [-0.4, -0.2) is 24.3 Å². The van der Waals surface area contributed by atoms with Crippen LogP contribution in [0.5, 0.6) is 0 Å². The van der Waals surface area contributed by atoms with E-state index in [-0.39, 0.29) is 5.92 Å². The summed E-state index contributed by atoms with van der Waals surface area (Å²) in [7, 11) is 0. The second-order valence-electron chi connectivity index (χ2n) is 8.54. The van der Waals surface area contributed by atoms with Gasteiger partial charge in [0.05, 0.1) is 5.56 Å². The molecule has 0 bridgehead atoms. The number of hydrogen-bond acceptors (Lipinski definition) is 3. The summed E-state index contributed by atoms with van der Waals surface area (Å²) in [6.07, 6.45) is 8.06. The summed E-state index contributed by atoms with van der Waals surface area (Å²) in [5.74, 6) is -1.62. The molecule has 1 rings (SSSR count). The van der Waals surface area contributed by atoms with E-state index in [0.29, 0.717) is 13.2 Å². The summed E-state index contributed by atoms with van der Waals surface area (Å²) < 4.78 is 49.3. The molecule has 6 heteroatoms. The smallest absolute Gasteiger partial charge is 0.343 e. The lowest BCUT2D eigenvalue weighted by molar-refractivity contribution is -0.385. The van der Waals surface area contributed by atoms with Gasteiger partial charge in [0.25, 0.3) is 5.97 Å². The number of ether oxygens (including phenoxy) is 2. The van der Waals surface area contributed by atoms with E-state index in [1.54, 1.807) is 12.1 Å². The van der Waals surface area contributed by atoms with Gasteiger partial charge in [-0.3, -0.25) is 0 Å². The highest BCUT2D eigenvalue weighted by molar-refractivity contribution is 5.24. The lowest BCUT2D eigenvalue weighted by Crippen LogP contribution is -2.44. The van der Waals surface area contributed by atoms with Crippen molar-refractivity contribution in [2.75, 3.05) is 13.2 Å². The van der Waals surface area contributed by atoms with Crippen LogP contribution < -0.4 is 0 Å². The van der Waals surface area contributed by atoms with Gasteiger partial charge in [-0.1, -0.05) is 70.4 Å². The molecule has 0 aliphatic rings. The first-order valence-corrected chi connectivity index (χ1v) is 12.4. The molecule has 1 atom stereocenters. The van der Waals surface area contributed by atoms with Crippen LogP contribution in [0.4, 0.5) is 13.2 Å². The Kier molecular flexibility index (Phi) is 14.2. The van der Waals surface area contributed by atoms with E-state index in [0.717, 1.165) is 69.1 Å². The first-order chi connectivity index (χ1) is 15.3. The predicted molar refractivity (Wildman–Crippen MR) is 123 cm³/mol. The Labute approximate surface area is 192 Å². The van der Waals surface area contributed by atoms with Crippen molar-refractivity contribution in [2.24, 2.45) is 5.92 Å². The fraction of sp³-hybridized carbons (Fsp3) is 0.769. The molecular formula is C26H43F3O3. The van der Waals surface area contributed by atoms with Crippen LogP contribution in [0.1, 0.15) is 103 Å². The van der Waals surface area contributed by atoms with Crippen molar-refractivity contribution >= 4 is 0 Å². The largest absolute Gasteiger partial charge is 0.416 e. The third kappa shape index (κ3) is 11.2. The average Bonchev–Trinajstić information content (AvgIpc) is 2.74. The molecule has 1 unspecified atom stereocenters. The molecule has 1 aromatic carbocycles. The minimum atomic E-state index is -4.29. The molecule has 0 spiro atoms. The molecule has 0 fully saturated rings. The van der Waals surface area contributed by atoms with Gasteiger partial charge in [0.15, 0.2) is 0 Å². The van der Waals surface area contributed by atoms with E-state index in [1.807, 2.05) is 13.8 Å². The van der Waals surface area contributed by atoms with E-state index < -0.39 is 17.7 Å². The molecule has 0 heterocycles. The fourth-order valence-electron chi connectivity index (χ4n) is 4.13. The summed E-state index contributed by atoms with van der Waals surface area (Å²) in [5, 5.41) is 11.0. The summed E-state index contributed by atoms with van der Waals surface area (Å²) in [6.45, 7) is 6.69. The van der Waals surface area contributed by atoms with E-state index in [2.05, 4.69) is 6.92 Å². The molecule has 1 N–H and O–H groups in total. The number of hydrogen-bond donors (Lipinski definition) is 1. The van der Waals surface area contributed by atoms with Gasteiger partial charge in [0.2, 0.25) is 0 Å². The highest BCUT2D eigenvalue weighted by atomic mass is 19.4. The first-order valence-electron chi connectivity index (χ1n) is 12.4. The van der Waals surface area contributed by atoms with Gasteiger partial charge in [0.1, 0.15) is 0 Å². The topological polar surface area (TPSA) is 38.7 Å². The van der Waals surface area contributed by atoms with Crippen molar-refractivity contribution in [2.45, 2.75) is 110 Å². The molecule has 0 aliphatic heterocycles. The quantitative estimate of drug-likeness (QED) is 0.179.